The summed E-state index contributed by atoms with van der Waals surface area (Å²) in [6.07, 6.45) is 5.76. The van der Waals surface area contributed by atoms with Gasteiger partial charge < -0.3 is 19.9 Å². The largest absolute Gasteiger partial charge is 0.378 e. The highest BCUT2D eigenvalue weighted by Gasteiger charge is 2.30. The lowest BCUT2D eigenvalue weighted by atomic mass is 9.95. The fourth-order valence-corrected chi connectivity index (χ4v) is 4.63. The third-order valence-corrected chi connectivity index (χ3v) is 6.33. The first-order valence-electron chi connectivity index (χ1n) is 10.8. The molecule has 3 heterocycles. The molecule has 1 N–H and O–H groups in total. The van der Waals surface area contributed by atoms with Crippen LogP contribution in [0.25, 0.3) is 0 Å². The van der Waals surface area contributed by atoms with Crippen LogP contribution in [0.3, 0.4) is 0 Å². The molecular weight excluding hydrogens is 342 g/mol. The average molecular weight is 380 g/mol. The average Bonchev–Trinajstić information content (AvgIpc) is 2.75. The third-order valence-electron chi connectivity index (χ3n) is 6.33. The smallest absolute Gasteiger partial charge is 0.225 e. The van der Waals surface area contributed by atoms with Gasteiger partial charge in [0.1, 0.15) is 0 Å². The number of hydrogen-bond acceptors (Lipinski definition) is 4. The van der Waals surface area contributed by atoms with Crippen molar-refractivity contribution in [3.8, 4) is 0 Å². The minimum Gasteiger partial charge on any atom is -0.378 e. The van der Waals surface area contributed by atoms with E-state index in [-0.39, 0.29) is 5.92 Å². The van der Waals surface area contributed by atoms with Crippen molar-refractivity contribution >= 4 is 11.9 Å². The summed E-state index contributed by atoms with van der Waals surface area (Å²) in [5.41, 5.74) is 0. The molecule has 0 spiro atoms. The summed E-state index contributed by atoms with van der Waals surface area (Å²) in [7, 11) is 1.87. The maximum Gasteiger partial charge on any atom is 0.225 e. The van der Waals surface area contributed by atoms with Crippen molar-refractivity contribution < 1.29 is 9.53 Å². The Bertz CT molecular complexity index is 499. The molecule has 154 valence electrons. The molecule has 1 atom stereocenters. The number of carbonyl (C=O) groups is 1. The Hall–Kier alpha value is -1.34. The molecule has 7 nitrogen and oxygen atoms in total. The molecule has 0 aromatic carbocycles. The summed E-state index contributed by atoms with van der Waals surface area (Å²) in [6, 6.07) is 0.612. The molecular formula is C20H37N5O2. The number of ether oxygens (including phenoxy) is 1. The van der Waals surface area contributed by atoms with Gasteiger partial charge in [0.15, 0.2) is 5.96 Å². The predicted octanol–water partition coefficient (Wildman–Crippen LogP) is 1.01. The van der Waals surface area contributed by atoms with Crippen molar-refractivity contribution in [3.63, 3.8) is 0 Å². The van der Waals surface area contributed by atoms with E-state index in [9.17, 15) is 4.79 Å². The zero-order valence-corrected chi connectivity index (χ0v) is 17.2. The molecule has 1 unspecified atom stereocenters. The van der Waals surface area contributed by atoms with Gasteiger partial charge in [-0.25, -0.2) is 0 Å². The first-order valence-corrected chi connectivity index (χ1v) is 10.8. The van der Waals surface area contributed by atoms with Gasteiger partial charge in [-0.3, -0.25) is 14.7 Å². The molecule has 27 heavy (non-hydrogen) atoms. The number of guanidine groups is 1. The van der Waals surface area contributed by atoms with Crippen LogP contribution < -0.4 is 5.32 Å². The highest BCUT2D eigenvalue weighted by molar-refractivity contribution is 5.81. The lowest BCUT2D eigenvalue weighted by Crippen LogP contribution is -2.52. The van der Waals surface area contributed by atoms with E-state index in [1.54, 1.807) is 0 Å². The van der Waals surface area contributed by atoms with Crippen molar-refractivity contribution in [2.45, 2.75) is 45.1 Å². The second kappa shape index (κ2) is 10.3. The van der Waals surface area contributed by atoms with Crippen molar-refractivity contribution in [1.82, 2.24) is 20.0 Å². The second-order valence-corrected chi connectivity index (χ2v) is 7.91. The van der Waals surface area contributed by atoms with Crippen LogP contribution in [0.4, 0.5) is 0 Å². The fourth-order valence-electron chi connectivity index (χ4n) is 4.63. The zero-order valence-electron chi connectivity index (χ0n) is 17.2. The molecule has 3 aliphatic heterocycles. The monoisotopic (exact) mass is 379 g/mol. The Morgan fingerprint density at radius 2 is 1.78 bits per heavy atom. The fraction of sp³-hybridized carbons (Fsp3) is 0.900. The molecule has 0 saturated carbocycles. The number of piperidine rings is 2. The molecule has 3 rings (SSSR count). The molecule has 0 bridgehead atoms. The second-order valence-electron chi connectivity index (χ2n) is 7.91. The number of carbonyl (C=O) groups excluding carboxylic acids is 1. The topological polar surface area (TPSA) is 60.4 Å². The number of hydrogen-bond donors (Lipinski definition) is 1. The van der Waals surface area contributed by atoms with Crippen LogP contribution in [-0.2, 0) is 9.53 Å². The van der Waals surface area contributed by atoms with E-state index in [0.717, 1.165) is 58.1 Å². The highest BCUT2D eigenvalue weighted by Crippen LogP contribution is 2.21. The van der Waals surface area contributed by atoms with E-state index in [2.05, 4.69) is 27.0 Å². The Morgan fingerprint density at radius 1 is 1.04 bits per heavy atom. The number of likely N-dealkylation sites (N-methyl/N-ethyl adjacent to an activating group) is 1. The Morgan fingerprint density at radius 3 is 2.44 bits per heavy atom. The number of amides is 1. The molecule has 3 aliphatic rings. The zero-order chi connectivity index (χ0) is 19.1. The molecule has 0 aliphatic carbocycles. The standard InChI is InChI=1S/C20H37N5O2/c1-3-23-9-5-4-6-18(23)16-22-20(21-2)25-10-7-17(8-11-25)19(26)24-12-14-27-15-13-24/h17-18H,3-16H2,1-2H3,(H,21,22). The molecule has 0 aromatic heterocycles. The lowest BCUT2D eigenvalue weighted by molar-refractivity contribution is -0.140. The number of morpholine rings is 1. The summed E-state index contributed by atoms with van der Waals surface area (Å²) >= 11 is 0. The molecule has 0 radical (unpaired) electrons. The number of likely N-dealkylation sites (tertiary alicyclic amines) is 2. The first kappa shape index (κ1) is 20.4. The van der Waals surface area contributed by atoms with Crippen LogP contribution in [0.2, 0.25) is 0 Å². The highest BCUT2D eigenvalue weighted by atomic mass is 16.5. The summed E-state index contributed by atoms with van der Waals surface area (Å²) in [5.74, 6) is 1.47. The van der Waals surface area contributed by atoms with E-state index in [1.165, 1.54) is 25.8 Å². The third kappa shape index (κ3) is 5.35. The van der Waals surface area contributed by atoms with E-state index in [0.29, 0.717) is 25.2 Å². The normalized spacial score (nSPS) is 26.3. The molecule has 3 fully saturated rings. The first-order chi connectivity index (χ1) is 13.2. The van der Waals surface area contributed by atoms with Crippen LogP contribution in [-0.4, -0.2) is 98.7 Å². The van der Waals surface area contributed by atoms with Gasteiger partial charge in [0, 0.05) is 51.7 Å². The van der Waals surface area contributed by atoms with Gasteiger partial charge in [-0.05, 0) is 38.8 Å². The van der Waals surface area contributed by atoms with Crippen molar-refractivity contribution in [1.29, 1.82) is 0 Å². The number of rotatable bonds is 4. The summed E-state index contributed by atoms with van der Waals surface area (Å²) < 4.78 is 5.36. The molecule has 3 saturated heterocycles. The Kier molecular flexibility index (Phi) is 7.76. The van der Waals surface area contributed by atoms with Gasteiger partial charge >= 0.3 is 0 Å². The van der Waals surface area contributed by atoms with Gasteiger partial charge in [0.25, 0.3) is 0 Å². The van der Waals surface area contributed by atoms with E-state index in [1.807, 2.05) is 11.9 Å². The maximum absolute atomic E-state index is 12.7. The maximum atomic E-state index is 12.7. The van der Waals surface area contributed by atoms with Gasteiger partial charge in [0.05, 0.1) is 13.2 Å². The van der Waals surface area contributed by atoms with Gasteiger partial charge in [0.2, 0.25) is 5.91 Å². The minimum atomic E-state index is 0.159. The Balaban J connectivity index is 1.45. The van der Waals surface area contributed by atoms with Gasteiger partial charge in [-0.2, -0.15) is 0 Å². The van der Waals surface area contributed by atoms with Crippen molar-refractivity contribution in [3.05, 3.63) is 0 Å². The molecule has 1 amide bonds. The Labute approximate surface area is 164 Å². The minimum absolute atomic E-state index is 0.159. The van der Waals surface area contributed by atoms with Crippen molar-refractivity contribution in [2.75, 3.05) is 66.1 Å². The van der Waals surface area contributed by atoms with Crippen LogP contribution in [0.5, 0.6) is 0 Å². The van der Waals surface area contributed by atoms with E-state index in [4.69, 9.17) is 4.74 Å². The summed E-state index contributed by atoms with van der Waals surface area (Å²) in [4.78, 5) is 24.1. The van der Waals surface area contributed by atoms with Gasteiger partial charge in [-0.1, -0.05) is 13.3 Å². The van der Waals surface area contributed by atoms with Crippen LogP contribution in [0, 0.1) is 5.92 Å². The molecule has 0 aromatic rings. The number of aliphatic imine (C=N–C) groups is 1. The lowest BCUT2D eigenvalue weighted by Gasteiger charge is -2.38. The van der Waals surface area contributed by atoms with Crippen LogP contribution in [0.1, 0.15) is 39.0 Å². The van der Waals surface area contributed by atoms with Gasteiger partial charge in [-0.15, -0.1) is 0 Å². The van der Waals surface area contributed by atoms with Crippen LogP contribution >= 0.6 is 0 Å². The quantitative estimate of drug-likeness (QED) is 0.583. The molecule has 7 heteroatoms. The number of nitrogens with one attached hydrogen (secondary N) is 1. The number of nitrogens with zero attached hydrogens (tertiary/aromatic N) is 4. The van der Waals surface area contributed by atoms with E-state index >= 15 is 0 Å². The summed E-state index contributed by atoms with van der Waals surface area (Å²) in [6.45, 7) is 10.2. The predicted molar refractivity (Wildman–Crippen MR) is 108 cm³/mol. The SMILES string of the molecule is CCN1CCCCC1CNC(=NC)N1CCC(C(=O)N2CCOCC2)CC1. The van der Waals surface area contributed by atoms with Crippen molar-refractivity contribution in [2.24, 2.45) is 10.9 Å². The van der Waals surface area contributed by atoms with Crippen LogP contribution in [0.15, 0.2) is 4.99 Å². The van der Waals surface area contributed by atoms with E-state index < -0.39 is 0 Å². The summed E-state index contributed by atoms with van der Waals surface area (Å²) in [5, 5.41) is 3.60.